The lowest BCUT2D eigenvalue weighted by Gasteiger charge is -2.10. The monoisotopic (exact) mass is 295 g/mol. The average Bonchev–Trinajstić information content (AvgIpc) is 2.47. The quantitative estimate of drug-likeness (QED) is 0.343. The van der Waals surface area contributed by atoms with E-state index in [0.717, 1.165) is 0 Å². The number of nitrogens with one attached hydrogen (secondary N) is 2. The molecule has 0 saturated carbocycles. The Balaban J connectivity index is 2.39. The molecule has 0 aliphatic rings. The van der Waals surface area contributed by atoms with Gasteiger partial charge in [0.1, 0.15) is 0 Å². The van der Waals surface area contributed by atoms with Crippen LogP contribution in [0.2, 0.25) is 0 Å². The van der Waals surface area contributed by atoms with Crippen LogP contribution in [0.1, 0.15) is 6.42 Å². The molecule has 1 rings (SSSR count). The van der Waals surface area contributed by atoms with Gasteiger partial charge in [-0.15, -0.1) is 6.58 Å². The topological polar surface area (TPSA) is 70.6 Å². The standard InChI is InChI=1S/C14H21N3O2S/c1-3-10-16-14(15-2)17-11-7-12-20(18,19)13-8-5-4-6-9-13/h3-6,8-9H,1,7,10-12H2,2H3,(H2,15,16,17). The summed E-state index contributed by atoms with van der Waals surface area (Å²) in [6.07, 6.45) is 2.25. The lowest BCUT2D eigenvalue weighted by atomic mass is 10.4. The van der Waals surface area contributed by atoms with Gasteiger partial charge in [0.25, 0.3) is 0 Å². The highest BCUT2D eigenvalue weighted by atomic mass is 32.2. The minimum Gasteiger partial charge on any atom is -0.356 e. The zero-order valence-electron chi connectivity index (χ0n) is 11.7. The Labute approximate surface area is 120 Å². The average molecular weight is 295 g/mol. The van der Waals surface area contributed by atoms with Crippen LogP contribution in [0.4, 0.5) is 0 Å². The fourth-order valence-corrected chi connectivity index (χ4v) is 2.94. The van der Waals surface area contributed by atoms with Crippen molar-refractivity contribution in [2.24, 2.45) is 4.99 Å². The molecule has 0 bridgehead atoms. The van der Waals surface area contributed by atoms with Gasteiger partial charge in [-0.1, -0.05) is 24.3 Å². The van der Waals surface area contributed by atoms with Crippen molar-refractivity contribution in [1.82, 2.24) is 10.6 Å². The summed E-state index contributed by atoms with van der Waals surface area (Å²) in [5.74, 6) is 0.754. The molecule has 20 heavy (non-hydrogen) atoms. The van der Waals surface area contributed by atoms with Crippen LogP contribution in [0, 0.1) is 0 Å². The van der Waals surface area contributed by atoms with Crippen LogP contribution in [0.15, 0.2) is 52.9 Å². The van der Waals surface area contributed by atoms with Gasteiger partial charge in [0.2, 0.25) is 0 Å². The summed E-state index contributed by atoms with van der Waals surface area (Å²) in [6, 6.07) is 8.49. The number of hydrogen-bond acceptors (Lipinski definition) is 3. The molecular weight excluding hydrogens is 274 g/mol. The van der Waals surface area contributed by atoms with Crippen LogP contribution < -0.4 is 10.6 Å². The number of benzene rings is 1. The molecule has 6 heteroatoms. The van der Waals surface area contributed by atoms with E-state index < -0.39 is 9.84 Å². The highest BCUT2D eigenvalue weighted by molar-refractivity contribution is 7.91. The molecule has 1 aromatic rings. The number of nitrogens with zero attached hydrogens (tertiary/aromatic N) is 1. The van der Waals surface area contributed by atoms with Crippen molar-refractivity contribution in [2.45, 2.75) is 11.3 Å². The first-order valence-corrected chi connectivity index (χ1v) is 8.08. The van der Waals surface area contributed by atoms with E-state index >= 15 is 0 Å². The van der Waals surface area contributed by atoms with Gasteiger partial charge in [0, 0.05) is 20.1 Å². The van der Waals surface area contributed by atoms with Gasteiger partial charge in [0.15, 0.2) is 15.8 Å². The molecule has 0 amide bonds. The highest BCUT2D eigenvalue weighted by Crippen LogP contribution is 2.10. The van der Waals surface area contributed by atoms with Crippen molar-refractivity contribution >= 4 is 15.8 Å². The third kappa shape index (κ3) is 5.44. The number of sulfone groups is 1. The van der Waals surface area contributed by atoms with E-state index in [-0.39, 0.29) is 5.75 Å². The van der Waals surface area contributed by atoms with Gasteiger partial charge in [-0.05, 0) is 18.6 Å². The summed E-state index contributed by atoms with van der Waals surface area (Å²) < 4.78 is 24.1. The maximum Gasteiger partial charge on any atom is 0.191 e. The van der Waals surface area contributed by atoms with Crippen molar-refractivity contribution in [3.05, 3.63) is 43.0 Å². The third-order valence-electron chi connectivity index (χ3n) is 2.62. The van der Waals surface area contributed by atoms with Crippen LogP contribution in [0.5, 0.6) is 0 Å². The SMILES string of the molecule is C=CCNC(=NC)NCCCS(=O)(=O)c1ccccc1. The second kappa shape index (κ2) is 8.37. The van der Waals surface area contributed by atoms with Crippen molar-refractivity contribution in [2.75, 3.05) is 25.9 Å². The predicted molar refractivity (Wildman–Crippen MR) is 82.7 cm³/mol. The molecule has 0 atom stereocenters. The van der Waals surface area contributed by atoms with E-state index in [1.165, 1.54) is 0 Å². The maximum atomic E-state index is 12.0. The number of aliphatic imine (C=N–C) groups is 1. The van der Waals surface area contributed by atoms with E-state index in [0.29, 0.717) is 30.4 Å². The van der Waals surface area contributed by atoms with Gasteiger partial charge in [-0.25, -0.2) is 8.42 Å². The molecule has 0 heterocycles. The molecule has 0 aliphatic heterocycles. The zero-order valence-corrected chi connectivity index (χ0v) is 12.5. The van der Waals surface area contributed by atoms with E-state index in [4.69, 9.17) is 0 Å². The summed E-state index contributed by atoms with van der Waals surface area (Å²) in [6.45, 7) is 4.76. The molecule has 2 N–H and O–H groups in total. The molecule has 5 nitrogen and oxygen atoms in total. The minimum absolute atomic E-state index is 0.114. The third-order valence-corrected chi connectivity index (χ3v) is 4.44. The number of guanidine groups is 1. The Morgan fingerprint density at radius 3 is 2.60 bits per heavy atom. The van der Waals surface area contributed by atoms with Gasteiger partial charge in [0.05, 0.1) is 10.6 Å². The fourth-order valence-electron chi connectivity index (χ4n) is 1.60. The van der Waals surface area contributed by atoms with Crippen LogP contribution in [0.25, 0.3) is 0 Å². The molecule has 1 aromatic carbocycles. The second-order valence-electron chi connectivity index (χ2n) is 4.15. The molecule has 0 aromatic heterocycles. The molecule has 0 aliphatic carbocycles. The minimum atomic E-state index is -3.20. The predicted octanol–water partition coefficient (Wildman–Crippen LogP) is 1.20. The Morgan fingerprint density at radius 1 is 1.30 bits per heavy atom. The summed E-state index contributed by atoms with van der Waals surface area (Å²) in [4.78, 5) is 4.38. The fraction of sp³-hybridized carbons (Fsp3) is 0.357. The lowest BCUT2D eigenvalue weighted by molar-refractivity contribution is 0.592. The van der Waals surface area contributed by atoms with Gasteiger partial charge in [-0.3, -0.25) is 4.99 Å². The van der Waals surface area contributed by atoms with Crippen molar-refractivity contribution < 1.29 is 8.42 Å². The number of hydrogen-bond donors (Lipinski definition) is 2. The first-order valence-electron chi connectivity index (χ1n) is 6.43. The van der Waals surface area contributed by atoms with Crippen LogP contribution in [0.3, 0.4) is 0 Å². The van der Waals surface area contributed by atoms with E-state index in [2.05, 4.69) is 22.2 Å². The summed E-state index contributed by atoms with van der Waals surface area (Å²) in [5, 5.41) is 6.07. The molecule has 0 spiro atoms. The second-order valence-corrected chi connectivity index (χ2v) is 6.26. The first kappa shape index (κ1) is 16.2. The maximum absolute atomic E-state index is 12.0. The van der Waals surface area contributed by atoms with Crippen molar-refractivity contribution in [1.29, 1.82) is 0 Å². The molecule has 0 radical (unpaired) electrons. The van der Waals surface area contributed by atoms with Crippen LogP contribution >= 0.6 is 0 Å². The lowest BCUT2D eigenvalue weighted by Crippen LogP contribution is -2.38. The smallest absolute Gasteiger partial charge is 0.191 e. The molecule has 0 unspecified atom stereocenters. The van der Waals surface area contributed by atoms with E-state index in [1.807, 2.05) is 0 Å². The van der Waals surface area contributed by atoms with E-state index in [1.54, 1.807) is 43.5 Å². The molecule has 110 valence electrons. The van der Waals surface area contributed by atoms with Gasteiger partial charge in [-0.2, -0.15) is 0 Å². The van der Waals surface area contributed by atoms with Crippen LogP contribution in [-0.2, 0) is 9.84 Å². The first-order chi connectivity index (χ1) is 9.60. The zero-order chi connectivity index (χ0) is 14.8. The van der Waals surface area contributed by atoms with Crippen molar-refractivity contribution in [3.63, 3.8) is 0 Å². The summed E-state index contributed by atoms with van der Waals surface area (Å²) in [5.41, 5.74) is 0. The molecule has 0 fully saturated rings. The Kier molecular flexibility index (Phi) is 6.79. The molecular formula is C14H21N3O2S. The van der Waals surface area contributed by atoms with Crippen molar-refractivity contribution in [3.8, 4) is 0 Å². The Bertz CT molecular complexity index is 539. The summed E-state index contributed by atoms with van der Waals surface area (Å²) >= 11 is 0. The largest absolute Gasteiger partial charge is 0.356 e. The number of rotatable bonds is 7. The van der Waals surface area contributed by atoms with Crippen LogP contribution in [-0.4, -0.2) is 40.3 Å². The summed E-state index contributed by atoms with van der Waals surface area (Å²) in [7, 11) is -1.53. The molecule has 0 saturated heterocycles. The van der Waals surface area contributed by atoms with Gasteiger partial charge < -0.3 is 10.6 Å². The van der Waals surface area contributed by atoms with Gasteiger partial charge >= 0.3 is 0 Å². The normalized spacial score (nSPS) is 11.9. The van der Waals surface area contributed by atoms with E-state index in [9.17, 15) is 8.42 Å². The Hall–Kier alpha value is -1.82. The Morgan fingerprint density at radius 2 is 2.00 bits per heavy atom. The highest BCUT2D eigenvalue weighted by Gasteiger charge is 2.12.